The quantitative estimate of drug-likeness (QED) is 0.633. The topological polar surface area (TPSA) is 43.4 Å². The molecule has 0 unspecified atom stereocenters. The van der Waals surface area contributed by atoms with Crippen molar-refractivity contribution in [2.24, 2.45) is 0 Å². The average Bonchev–Trinajstić information content (AvgIpc) is 2.87. The Balaban J connectivity index is 2.16. The summed E-state index contributed by atoms with van der Waals surface area (Å²) in [4.78, 5) is 24.8. The Kier molecular flexibility index (Phi) is 4.50. The summed E-state index contributed by atoms with van der Waals surface area (Å²) in [5, 5.41) is 0. The molecule has 0 fully saturated rings. The van der Waals surface area contributed by atoms with Crippen molar-refractivity contribution in [2.45, 2.75) is 6.42 Å². The molecule has 2 rings (SSSR count). The van der Waals surface area contributed by atoms with E-state index in [9.17, 15) is 9.59 Å². The molecule has 19 heavy (non-hydrogen) atoms. The minimum Gasteiger partial charge on any atom is -0.469 e. The van der Waals surface area contributed by atoms with Crippen LogP contribution >= 0.6 is 27.3 Å². The molecule has 3 nitrogen and oxygen atoms in total. The Morgan fingerprint density at radius 1 is 1.16 bits per heavy atom. The van der Waals surface area contributed by atoms with Gasteiger partial charge in [-0.1, -0.05) is 15.9 Å². The van der Waals surface area contributed by atoms with Gasteiger partial charge in [-0.25, -0.2) is 0 Å². The summed E-state index contributed by atoms with van der Waals surface area (Å²) in [6.45, 7) is 0. The molecular formula is C14H11BrO3S. The molecule has 0 aliphatic carbocycles. The molecule has 0 saturated carbocycles. The van der Waals surface area contributed by atoms with Crippen LogP contribution in [0.3, 0.4) is 0 Å². The van der Waals surface area contributed by atoms with Crippen molar-refractivity contribution in [3.05, 3.63) is 56.2 Å². The van der Waals surface area contributed by atoms with Crippen molar-refractivity contribution in [1.82, 2.24) is 0 Å². The van der Waals surface area contributed by atoms with Crippen molar-refractivity contribution in [3.8, 4) is 0 Å². The van der Waals surface area contributed by atoms with Crippen LogP contribution in [0.1, 0.15) is 20.1 Å². The first-order valence-electron chi connectivity index (χ1n) is 5.56. The fraction of sp³-hybridized carbons (Fsp3) is 0.143. The molecule has 0 aliphatic rings. The van der Waals surface area contributed by atoms with E-state index in [0.717, 1.165) is 9.35 Å². The van der Waals surface area contributed by atoms with Crippen LogP contribution in [0.5, 0.6) is 0 Å². The van der Waals surface area contributed by atoms with Gasteiger partial charge in [-0.3, -0.25) is 9.59 Å². The first-order valence-corrected chi connectivity index (χ1v) is 7.17. The van der Waals surface area contributed by atoms with Gasteiger partial charge in [-0.15, -0.1) is 11.3 Å². The number of hydrogen-bond donors (Lipinski definition) is 0. The lowest BCUT2D eigenvalue weighted by Gasteiger charge is -1.98. The smallest absolute Gasteiger partial charge is 0.310 e. The van der Waals surface area contributed by atoms with E-state index in [1.165, 1.54) is 18.4 Å². The zero-order chi connectivity index (χ0) is 13.8. The van der Waals surface area contributed by atoms with E-state index < -0.39 is 0 Å². The van der Waals surface area contributed by atoms with Gasteiger partial charge in [0.1, 0.15) is 0 Å². The summed E-state index contributed by atoms with van der Waals surface area (Å²) in [6.07, 6.45) is 0.203. The first-order chi connectivity index (χ1) is 9.10. The molecule has 1 heterocycles. The van der Waals surface area contributed by atoms with Crippen LogP contribution in [0.15, 0.2) is 40.9 Å². The van der Waals surface area contributed by atoms with Gasteiger partial charge in [0.25, 0.3) is 0 Å². The van der Waals surface area contributed by atoms with Gasteiger partial charge in [0.05, 0.1) is 18.4 Å². The zero-order valence-electron chi connectivity index (χ0n) is 10.2. The molecule has 5 heteroatoms. The zero-order valence-corrected chi connectivity index (χ0v) is 12.6. The van der Waals surface area contributed by atoms with Crippen molar-refractivity contribution in [2.75, 3.05) is 7.11 Å². The van der Waals surface area contributed by atoms with Crippen molar-refractivity contribution >= 4 is 39.0 Å². The predicted octanol–water partition coefficient (Wildman–Crippen LogP) is 3.46. The summed E-state index contributed by atoms with van der Waals surface area (Å²) in [6, 6.07) is 10.7. The number of methoxy groups -OCH3 is 1. The van der Waals surface area contributed by atoms with Gasteiger partial charge in [0, 0.05) is 14.9 Å². The molecule has 0 spiro atoms. The fourth-order valence-electron chi connectivity index (χ4n) is 1.55. The van der Waals surface area contributed by atoms with Crippen molar-refractivity contribution in [3.63, 3.8) is 0 Å². The van der Waals surface area contributed by atoms with Crippen LogP contribution in [-0.2, 0) is 16.0 Å². The van der Waals surface area contributed by atoms with E-state index in [1.54, 1.807) is 24.3 Å². The second-order valence-electron chi connectivity index (χ2n) is 3.85. The molecule has 0 radical (unpaired) electrons. The third-order valence-electron chi connectivity index (χ3n) is 2.54. The standard InChI is InChI=1S/C14H11BrO3S/c1-18-13(16)8-11-6-7-12(19-11)14(17)9-2-4-10(15)5-3-9/h2-7H,8H2,1H3. The molecule has 0 atom stereocenters. The highest BCUT2D eigenvalue weighted by Gasteiger charge is 2.13. The second-order valence-corrected chi connectivity index (χ2v) is 5.94. The summed E-state index contributed by atoms with van der Waals surface area (Å²) in [5.74, 6) is -0.335. The molecule has 0 aliphatic heterocycles. The van der Waals surface area contributed by atoms with Gasteiger partial charge in [0.2, 0.25) is 5.78 Å². The van der Waals surface area contributed by atoms with E-state index in [4.69, 9.17) is 0 Å². The number of esters is 1. The summed E-state index contributed by atoms with van der Waals surface area (Å²) >= 11 is 4.65. The molecule has 0 amide bonds. The fourth-order valence-corrected chi connectivity index (χ4v) is 2.77. The normalized spacial score (nSPS) is 10.2. The monoisotopic (exact) mass is 338 g/mol. The summed E-state index contributed by atoms with van der Waals surface area (Å²) in [5.41, 5.74) is 0.634. The van der Waals surface area contributed by atoms with Crippen LogP contribution in [0.2, 0.25) is 0 Å². The minimum atomic E-state index is -0.301. The van der Waals surface area contributed by atoms with Gasteiger partial charge in [0.15, 0.2) is 0 Å². The molecule has 0 N–H and O–H groups in total. The number of hydrogen-bond acceptors (Lipinski definition) is 4. The predicted molar refractivity (Wildman–Crippen MR) is 77.6 cm³/mol. The first kappa shape index (κ1) is 14.0. The number of ketones is 1. The number of carbonyl (C=O) groups is 2. The Morgan fingerprint density at radius 3 is 2.47 bits per heavy atom. The molecule has 2 aromatic rings. The van der Waals surface area contributed by atoms with Gasteiger partial charge < -0.3 is 4.74 Å². The van der Waals surface area contributed by atoms with Gasteiger partial charge >= 0.3 is 5.97 Å². The number of thiophene rings is 1. The summed E-state index contributed by atoms with van der Waals surface area (Å²) < 4.78 is 5.53. The molecule has 0 bridgehead atoms. The lowest BCUT2D eigenvalue weighted by molar-refractivity contribution is -0.139. The maximum atomic E-state index is 12.2. The molecular weight excluding hydrogens is 328 g/mol. The number of carbonyl (C=O) groups excluding carboxylic acids is 2. The van der Waals surface area contributed by atoms with Crippen molar-refractivity contribution in [1.29, 1.82) is 0 Å². The van der Waals surface area contributed by atoms with Crippen LogP contribution in [-0.4, -0.2) is 18.9 Å². The average molecular weight is 339 g/mol. The van der Waals surface area contributed by atoms with Gasteiger partial charge in [-0.2, -0.15) is 0 Å². The Bertz CT molecular complexity index is 601. The lowest BCUT2D eigenvalue weighted by atomic mass is 10.1. The van der Waals surface area contributed by atoms with Crippen LogP contribution < -0.4 is 0 Å². The lowest BCUT2D eigenvalue weighted by Crippen LogP contribution is -2.02. The molecule has 1 aromatic carbocycles. The highest BCUT2D eigenvalue weighted by Crippen LogP contribution is 2.21. The van der Waals surface area contributed by atoms with E-state index in [2.05, 4.69) is 20.7 Å². The Morgan fingerprint density at radius 2 is 1.84 bits per heavy atom. The molecule has 0 saturated heterocycles. The number of ether oxygens (including phenoxy) is 1. The van der Waals surface area contributed by atoms with Crippen LogP contribution in [0, 0.1) is 0 Å². The minimum absolute atomic E-state index is 0.0337. The Hall–Kier alpha value is -1.46. The third kappa shape index (κ3) is 3.52. The SMILES string of the molecule is COC(=O)Cc1ccc(C(=O)c2ccc(Br)cc2)s1. The van der Waals surface area contributed by atoms with E-state index in [-0.39, 0.29) is 18.2 Å². The maximum absolute atomic E-state index is 12.2. The number of halogens is 1. The highest BCUT2D eigenvalue weighted by atomic mass is 79.9. The number of benzene rings is 1. The maximum Gasteiger partial charge on any atom is 0.310 e. The van der Waals surface area contributed by atoms with E-state index in [0.29, 0.717) is 10.4 Å². The van der Waals surface area contributed by atoms with E-state index in [1.807, 2.05) is 12.1 Å². The molecule has 1 aromatic heterocycles. The second kappa shape index (κ2) is 6.12. The van der Waals surface area contributed by atoms with Gasteiger partial charge in [-0.05, 0) is 36.4 Å². The summed E-state index contributed by atoms with van der Waals surface area (Å²) in [7, 11) is 1.35. The van der Waals surface area contributed by atoms with Crippen LogP contribution in [0.25, 0.3) is 0 Å². The number of rotatable bonds is 4. The van der Waals surface area contributed by atoms with Crippen LogP contribution in [0.4, 0.5) is 0 Å². The van der Waals surface area contributed by atoms with Crippen molar-refractivity contribution < 1.29 is 14.3 Å². The highest BCUT2D eigenvalue weighted by molar-refractivity contribution is 9.10. The third-order valence-corrected chi connectivity index (χ3v) is 4.15. The largest absolute Gasteiger partial charge is 0.469 e. The van der Waals surface area contributed by atoms with E-state index >= 15 is 0 Å². The Labute approximate surface area is 123 Å². The molecule has 98 valence electrons.